The van der Waals surface area contributed by atoms with Gasteiger partial charge in [0.1, 0.15) is 0 Å². The second kappa shape index (κ2) is 6.83. The van der Waals surface area contributed by atoms with Crippen molar-refractivity contribution in [3.05, 3.63) is 64.7 Å². The molecule has 2 N–H and O–H groups in total. The van der Waals surface area contributed by atoms with Gasteiger partial charge < -0.3 is 10.6 Å². The first-order valence-corrected chi connectivity index (χ1v) is 7.37. The number of hydrogen-bond acceptors (Lipinski definition) is 1. The van der Waals surface area contributed by atoms with E-state index < -0.39 is 11.6 Å². The lowest BCUT2D eigenvalue weighted by Crippen LogP contribution is -2.31. The molecular formula is C17H18F2N2S. The summed E-state index contributed by atoms with van der Waals surface area (Å²) in [5.74, 6) is -1.79. The van der Waals surface area contributed by atoms with E-state index in [1.165, 1.54) is 17.2 Å². The normalized spacial score (nSPS) is 11.9. The van der Waals surface area contributed by atoms with Crippen LogP contribution in [-0.4, -0.2) is 5.11 Å². The lowest BCUT2D eigenvalue weighted by atomic mass is 10.0. The van der Waals surface area contributed by atoms with Crippen LogP contribution < -0.4 is 10.6 Å². The average Bonchev–Trinajstić information content (AvgIpc) is 2.45. The summed E-state index contributed by atoms with van der Waals surface area (Å²) in [5.41, 5.74) is 3.90. The fourth-order valence-corrected chi connectivity index (χ4v) is 2.54. The van der Waals surface area contributed by atoms with Crippen molar-refractivity contribution in [2.45, 2.75) is 26.8 Å². The van der Waals surface area contributed by atoms with Crippen LogP contribution in [0.25, 0.3) is 0 Å². The summed E-state index contributed by atoms with van der Waals surface area (Å²) in [5, 5.41) is 6.37. The van der Waals surface area contributed by atoms with Gasteiger partial charge in [0, 0.05) is 11.8 Å². The third-order valence-electron chi connectivity index (χ3n) is 3.43. The molecule has 1 atom stereocenters. The Kier molecular flexibility index (Phi) is 5.08. The molecule has 0 bridgehead atoms. The summed E-state index contributed by atoms with van der Waals surface area (Å²) >= 11 is 5.23. The number of thiocarbonyl (C=S) groups is 1. The largest absolute Gasteiger partial charge is 0.356 e. The maximum atomic E-state index is 13.2. The van der Waals surface area contributed by atoms with E-state index >= 15 is 0 Å². The van der Waals surface area contributed by atoms with Gasteiger partial charge in [-0.15, -0.1) is 0 Å². The van der Waals surface area contributed by atoms with E-state index in [2.05, 4.69) is 28.8 Å². The van der Waals surface area contributed by atoms with Gasteiger partial charge in [0.25, 0.3) is 0 Å². The van der Waals surface area contributed by atoms with E-state index in [0.29, 0.717) is 10.8 Å². The summed E-state index contributed by atoms with van der Waals surface area (Å²) in [7, 11) is 0. The number of benzene rings is 2. The Morgan fingerprint density at radius 2 is 1.77 bits per heavy atom. The molecule has 0 unspecified atom stereocenters. The number of hydrogen-bond donors (Lipinski definition) is 2. The first kappa shape index (κ1) is 16.4. The molecule has 0 heterocycles. The van der Waals surface area contributed by atoms with Crippen LogP contribution in [0.15, 0.2) is 36.4 Å². The molecule has 0 aliphatic carbocycles. The van der Waals surface area contributed by atoms with Crippen molar-refractivity contribution < 1.29 is 8.78 Å². The zero-order valence-electron chi connectivity index (χ0n) is 12.7. The van der Waals surface area contributed by atoms with Crippen LogP contribution in [0, 0.1) is 25.5 Å². The van der Waals surface area contributed by atoms with Gasteiger partial charge in [0.2, 0.25) is 0 Å². The monoisotopic (exact) mass is 320 g/mol. The highest BCUT2D eigenvalue weighted by molar-refractivity contribution is 7.80. The molecule has 0 amide bonds. The predicted molar refractivity (Wildman–Crippen MR) is 90.0 cm³/mol. The van der Waals surface area contributed by atoms with Gasteiger partial charge in [-0.3, -0.25) is 0 Å². The highest BCUT2D eigenvalue weighted by atomic mass is 32.1. The SMILES string of the molecule is Cc1ccc(C)c([C@H](C)NC(=S)Nc2ccc(F)c(F)c2)c1. The molecule has 0 saturated carbocycles. The molecule has 0 aromatic heterocycles. The van der Waals surface area contributed by atoms with Crippen LogP contribution in [0.2, 0.25) is 0 Å². The molecule has 2 rings (SSSR count). The second-order valence-electron chi connectivity index (χ2n) is 5.31. The van der Waals surface area contributed by atoms with E-state index in [1.54, 1.807) is 0 Å². The van der Waals surface area contributed by atoms with E-state index in [9.17, 15) is 8.78 Å². The number of nitrogens with one attached hydrogen (secondary N) is 2. The van der Waals surface area contributed by atoms with Crippen LogP contribution in [0.4, 0.5) is 14.5 Å². The highest BCUT2D eigenvalue weighted by Gasteiger charge is 2.11. The minimum atomic E-state index is -0.907. The molecule has 116 valence electrons. The van der Waals surface area contributed by atoms with Crippen molar-refractivity contribution in [1.29, 1.82) is 0 Å². The zero-order chi connectivity index (χ0) is 16.3. The quantitative estimate of drug-likeness (QED) is 0.806. The Hall–Kier alpha value is -2.01. The third kappa shape index (κ3) is 4.01. The molecule has 5 heteroatoms. The molecule has 2 aromatic carbocycles. The average molecular weight is 320 g/mol. The molecule has 2 aromatic rings. The van der Waals surface area contributed by atoms with Gasteiger partial charge in [-0.05, 0) is 56.2 Å². The zero-order valence-corrected chi connectivity index (χ0v) is 13.5. The summed E-state index contributed by atoms with van der Waals surface area (Å²) in [6.45, 7) is 6.08. The van der Waals surface area contributed by atoms with Crippen molar-refractivity contribution in [2.24, 2.45) is 0 Å². The summed E-state index contributed by atoms with van der Waals surface area (Å²) in [4.78, 5) is 0. The second-order valence-corrected chi connectivity index (χ2v) is 5.72. The molecular weight excluding hydrogens is 302 g/mol. The smallest absolute Gasteiger partial charge is 0.171 e. The van der Waals surface area contributed by atoms with Gasteiger partial charge in [0.05, 0.1) is 6.04 Å². The van der Waals surface area contributed by atoms with Gasteiger partial charge in [-0.2, -0.15) is 0 Å². The molecule has 0 spiro atoms. The molecule has 22 heavy (non-hydrogen) atoms. The van der Waals surface area contributed by atoms with Crippen molar-refractivity contribution in [2.75, 3.05) is 5.32 Å². The van der Waals surface area contributed by atoms with Gasteiger partial charge in [-0.25, -0.2) is 8.78 Å². The lowest BCUT2D eigenvalue weighted by molar-refractivity contribution is 0.509. The molecule has 0 radical (unpaired) electrons. The fraction of sp³-hybridized carbons (Fsp3) is 0.235. The summed E-state index contributed by atoms with van der Waals surface area (Å²) in [6, 6.07) is 9.81. The number of rotatable bonds is 3. The predicted octanol–water partition coefficient (Wildman–Crippen LogP) is 4.63. The van der Waals surface area contributed by atoms with E-state index in [1.807, 2.05) is 20.8 Å². The van der Waals surface area contributed by atoms with Crippen molar-refractivity contribution in [1.82, 2.24) is 5.32 Å². The molecule has 0 fully saturated rings. The van der Waals surface area contributed by atoms with E-state index in [0.717, 1.165) is 17.7 Å². The van der Waals surface area contributed by atoms with Crippen molar-refractivity contribution >= 4 is 23.0 Å². The van der Waals surface area contributed by atoms with Crippen LogP contribution in [0.5, 0.6) is 0 Å². The van der Waals surface area contributed by atoms with Gasteiger partial charge in [-0.1, -0.05) is 23.8 Å². The van der Waals surface area contributed by atoms with Crippen LogP contribution in [0.3, 0.4) is 0 Å². The van der Waals surface area contributed by atoms with Gasteiger partial charge in [0.15, 0.2) is 16.7 Å². The van der Waals surface area contributed by atoms with Crippen LogP contribution in [0.1, 0.15) is 29.7 Å². The first-order valence-electron chi connectivity index (χ1n) is 6.96. The molecule has 0 saturated heterocycles. The topological polar surface area (TPSA) is 24.1 Å². The Balaban J connectivity index is 2.05. The molecule has 0 aliphatic heterocycles. The number of aryl methyl sites for hydroxylation is 2. The third-order valence-corrected chi connectivity index (χ3v) is 3.65. The first-order chi connectivity index (χ1) is 10.4. The maximum Gasteiger partial charge on any atom is 0.171 e. The van der Waals surface area contributed by atoms with Crippen molar-refractivity contribution in [3.8, 4) is 0 Å². The highest BCUT2D eigenvalue weighted by Crippen LogP contribution is 2.19. The van der Waals surface area contributed by atoms with Crippen molar-refractivity contribution in [3.63, 3.8) is 0 Å². The van der Waals surface area contributed by atoms with Gasteiger partial charge >= 0.3 is 0 Å². The maximum absolute atomic E-state index is 13.2. The van der Waals surface area contributed by atoms with Crippen LogP contribution >= 0.6 is 12.2 Å². The Bertz CT molecular complexity index is 701. The number of anilines is 1. The molecule has 0 aliphatic rings. The minimum Gasteiger partial charge on any atom is -0.356 e. The Morgan fingerprint density at radius 3 is 2.45 bits per heavy atom. The summed E-state index contributed by atoms with van der Waals surface area (Å²) in [6.07, 6.45) is 0. The number of halogens is 2. The fourth-order valence-electron chi connectivity index (χ4n) is 2.24. The lowest BCUT2D eigenvalue weighted by Gasteiger charge is -2.19. The van der Waals surface area contributed by atoms with E-state index in [4.69, 9.17) is 12.2 Å². The Morgan fingerprint density at radius 1 is 1.05 bits per heavy atom. The van der Waals surface area contributed by atoms with Crippen LogP contribution in [-0.2, 0) is 0 Å². The Labute approximate surface area is 134 Å². The van der Waals surface area contributed by atoms with E-state index in [-0.39, 0.29) is 6.04 Å². The standard InChI is InChI=1S/C17H18F2N2S/c1-10-4-5-11(2)14(8-10)12(3)20-17(22)21-13-6-7-15(18)16(19)9-13/h4-9,12H,1-3H3,(H2,20,21,22)/t12-/m0/s1. The summed E-state index contributed by atoms with van der Waals surface area (Å²) < 4.78 is 26.1. The molecule has 2 nitrogen and oxygen atoms in total. The minimum absolute atomic E-state index is 0.00481.